The molecular weight excluding hydrogens is 339 g/mol. The maximum absolute atomic E-state index is 13.8. The van der Waals surface area contributed by atoms with Crippen LogP contribution in [-0.2, 0) is 11.3 Å². The maximum Gasteiger partial charge on any atom is 0.255 e. The van der Waals surface area contributed by atoms with Gasteiger partial charge in [0.2, 0.25) is 5.91 Å². The molecule has 1 saturated heterocycles. The first-order chi connectivity index (χ1) is 12.1. The topological polar surface area (TPSA) is 40.6 Å². The number of rotatable bonds is 4. The Hall–Kier alpha value is -2.34. The summed E-state index contributed by atoms with van der Waals surface area (Å²) < 4.78 is 13.8. The Balaban J connectivity index is 1.72. The van der Waals surface area contributed by atoms with E-state index in [9.17, 15) is 14.0 Å². The molecular formula is C19H19FN2O2S. The van der Waals surface area contributed by atoms with Crippen LogP contribution in [0.4, 0.5) is 4.39 Å². The number of likely N-dealkylation sites (N-methyl/N-ethyl adjacent to an activating group) is 1. The zero-order valence-corrected chi connectivity index (χ0v) is 14.7. The highest BCUT2D eigenvalue weighted by atomic mass is 32.2. The van der Waals surface area contributed by atoms with Gasteiger partial charge in [0.05, 0.1) is 5.88 Å². The molecule has 25 heavy (non-hydrogen) atoms. The first-order valence-electron chi connectivity index (χ1n) is 8.00. The van der Waals surface area contributed by atoms with E-state index in [0.717, 1.165) is 0 Å². The van der Waals surface area contributed by atoms with Gasteiger partial charge in [-0.15, -0.1) is 11.8 Å². The first kappa shape index (κ1) is 17.5. The molecule has 1 aliphatic heterocycles. The predicted molar refractivity (Wildman–Crippen MR) is 96.6 cm³/mol. The zero-order valence-electron chi connectivity index (χ0n) is 13.9. The van der Waals surface area contributed by atoms with Crippen molar-refractivity contribution in [1.82, 2.24) is 9.80 Å². The molecule has 0 radical (unpaired) electrons. The number of thioether (sulfide) groups is 1. The fraction of sp³-hybridized carbons (Fsp3) is 0.263. The molecule has 2 amide bonds. The summed E-state index contributed by atoms with van der Waals surface area (Å²) in [5.74, 6) is 0.386. The Morgan fingerprint density at radius 2 is 1.84 bits per heavy atom. The van der Waals surface area contributed by atoms with E-state index in [1.807, 2.05) is 6.07 Å². The van der Waals surface area contributed by atoms with Crippen molar-refractivity contribution in [2.45, 2.75) is 12.6 Å². The van der Waals surface area contributed by atoms with Crippen LogP contribution in [-0.4, -0.2) is 46.3 Å². The summed E-state index contributed by atoms with van der Waals surface area (Å²) in [5, 5.41) is 0. The molecule has 0 N–H and O–H groups in total. The molecule has 6 heteroatoms. The third-order valence-electron chi connectivity index (χ3n) is 4.19. The number of carbonyl (C=O) groups excluding carboxylic acids is 2. The van der Waals surface area contributed by atoms with Gasteiger partial charge in [0, 0.05) is 30.5 Å². The van der Waals surface area contributed by atoms with Crippen molar-refractivity contribution in [3.63, 3.8) is 0 Å². The monoisotopic (exact) mass is 358 g/mol. The second kappa shape index (κ2) is 7.70. The molecule has 1 unspecified atom stereocenters. The number of amides is 2. The minimum Gasteiger partial charge on any atom is -0.340 e. The van der Waals surface area contributed by atoms with Crippen LogP contribution >= 0.6 is 11.8 Å². The Bertz CT molecular complexity index is 769. The van der Waals surface area contributed by atoms with E-state index >= 15 is 0 Å². The van der Waals surface area contributed by atoms with Crippen LogP contribution in [0.1, 0.15) is 15.9 Å². The predicted octanol–water partition coefficient (Wildman–Crippen LogP) is 3.00. The van der Waals surface area contributed by atoms with Crippen LogP contribution in [0.25, 0.3) is 0 Å². The van der Waals surface area contributed by atoms with Gasteiger partial charge < -0.3 is 9.80 Å². The van der Waals surface area contributed by atoms with Crippen molar-refractivity contribution in [3.8, 4) is 0 Å². The molecule has 2 aromatic rings. The zero-order chi connectivity index (χ0) is 17.8. The van der Waals surface area contributed by atoms with E-state index in [1.165, 1.54) is 11.0 Å². The van der Waals surface area contributed by atoms with Crippen LogP contribution in [0.5, 0.6) is 0 Å². The van der Waals surface area contributed by atoms with E-state index in [1.54, 1.807) is 66.2 Å². The van der Waals surface area contributed by atoms with Crippen LogP contribution < -0.4 is 0 Å². The van der Waals surface area contributed by atoms with Gasteiger partial charge in [-0.2, -0.15) is 0 Å². The fourth-order valence-corrected chi connectivity index (χ4v) is 3.95. The molecule has 4 nitrogen and oxygen atoms in total. The minimum absolute atomic E-state index is 0.150. The Labute approximate surface area is 150 Å². The summed E-state index contributed by atoms with van der Waals surface area (Å²) in [6.07, 6.45) is 0. The van der Waals surface area contributed by atoms with Crippen LogP contribution in [0, 0.1) is 5.82 Å². The van der Waals surface area contributed by atoms with Gasteiger partial charge in [0.1, 0.15) is 11.9 Å². The third-order valence-corrected chi connectivity index (χ3v) is 5.20. The summed E-state index contributed by atoms with van der Waals surface area (Å²) in [7, 11) is 1.64. The Kier molecular flexibility index (Phi) is 5.38. The fourth-order valence-electron chi connectivity index (χ4n) is 2.81. The summed E-state index contributed by atoms with van der Waals surface area (Å²) in [4.78, 5) is 28.6. The highest BCUT2D eigenvalue weighted by molar-refractivity contribution is 7.99. The molecule has 0 aromatic heterocycles. The lowest BCUT2D eigenvalue weighted by Crippen LogP contribution is -2.47. The molecule has 1 heterocycles. The molecule has 3 rings (SSSR count). The summed E-state index contributed by atoms with van der Waals surface area (Å²) in [6.45, 7) is 0.181. The summed E-state index contributed by atoms with van der Waals surface area (Å²) in [6, 6.07) is 14.8. The number of halogens is 1. The number of nitrogens with zero attached hydrogens (tertiary/aromatic N) is 2. The van der Waals surface area contributed by atoms with E-state index in [2.05, 4.69) is 0 Å². The van der Waals surface area contributed by atoms with Gasteiger partial charge in [-0.25, -0.2) is 4.39 Å². The van der Waals surface area contributed by atoms with E-state index in [4.69, 9.17) is 0 Å². The second-order valence-corrected chi connectivity index (χ2v) is 6.94. The van der Waals surface area contributed by atoms with Gasteiger partial charge in [0.15, 0.2) is 0 Å². The Morgan fingerprint density at radius 1 is 1.16 bits per heavy atom. The molecule has 0 saturated carbocycles. The third kappa shape index (κ3) is 3.85. The van der Waals surface area contributed by atoms with E-state index in [-0.39, 0.29) is 24.2 Å². The van der Waals surface area contributed by atoms with Gasteiger partial charge in [-0.3, -0.25) is 9.59 Å². The maximum atomic E-state index is 13.8. The van der Waals surface area contributed by atoms with Gasteiger partial charge >= 0.3 is 0 Å². The summed E-state index contributed by atoms with van der Waals surface area (Å²) >= 11 is 1.55. The number of benzene rings is 2. The highest BCUT2D eigenvalue weighted by Gasteiger charge is 2.36. The van der Waals surface area contributed by atoms with Gasteiger partial charge in [-0.05, 0) is 18.2 Å². The van der Waals surface area contributed by atoms with Crippen LogP contribution in [0.2, 0.25) is 0 Å². The highest BCUT2D eigenvalue weighted by Crippen LogP contribution is 2.25. The minimum atomic E-state index is -0.519. The number of carbonyl (C=O) groups is 2. The standard InChI is InChI=1S/C19H19FN2O2S/c1-21(11-15-9-5-6-10-16(15)20)19(24)17-12-25-13-22(17)18(23)14-7-3-2-4-8-14/h2-10,17H,11-13H2,1H3. The summed E-state index contributed by atoms with van der Waals surface area (Å²) in [5.41, 5.74) is 1.03. The molecule has 1 aliphatic rings. The molecule has 1 fully saturated rings. The SMILES string of the molecule is CN(Cc1ccccc1F)C(=O)C1CSCN1C(=O)c1ccccc1. The normalized spacial score (nSPS) is 16.7. The van der Waals surface area contributed by atoms with E-state index < -0.39 is 6.04 Å². The average Bonchev–Trinajstić information content (AvgIpc) is 3.12. The van der Waals surface area contributed by atoms with Gasteiger partial charge in [-0.1, -0.05) is 36.4 Å². The molecule has 0 spiro atoms. The number of hydrogen-bond donors (Lipinski definition) is 0. The Morgan fingerprint density at radius 3 is 2.56 bits per heavy atom. The first-order valence-corrected chi connectivity index (χ1v) is 9.15. The van der Waals surface area contributed by atoms with Crippen molar-refractivity contribution in [2.75, 3.05) is 18.7 Å². The van der Waals surface area contributed by atoms with Crippen molar-refractivity contribution >= 4 is 23.6 Å². The lowest BCUT2D eigenvalue weighted by atomic mass is 10.1. The molecule has 1 atom stereocenters. The average molecular weight is 358 g/mol. The van der Waals surface area contributed by atoms with Crippen molar-refractivity contribution in [1.29, 1.82) is 0 Å². The quantitative estimate of drug-likeness (QED) is 0.844. The second-order valence-electron chi connectivity index (χ2n) is 5.94. The van der Waals surface area contributed by atoms with Crippen molar-refractivity contribution in [3.05, 3.63) is 71.5 Å². The van der Waals surface area contributed by atoms with Crippen molar-refractivity contribution < 1.29 is 14.0 Å². The number of hydrogen-bond acceptors (Lipinski definition) is 3. The van der Waals surface area contributed by atoms with Crippen LogP contribution in [0.3, 0.4) is 0 Å². The lowest BCUT2D eigenvalue weighted by molar-refractivity contribution is -0.134. The largest absolute Gasteiger partial charge is 0.340 e. The van der Waals surface area contributed by atoms with Crippen molar-refractivity contribution in [2.24, 2.45) is 0 Å². The molecule has 130 valence electrons. The molecule has 0 bridgehead atoms. The lowest BCUT2D eigenvalue weighted by Gasteiger charge is -2.27. The van der Waals surface area contributed by atoms with Gasteiger partial charge in [0.25, 0.3) is 5.91 Å². The molecule has 2 aromatic carbocycles. The smallest absolute Gasteiger partial charge is 0.255 e. The van der Waals surface area contributed by atoms with Crippen LogP contribution in [0.15, 0.2) is 54.6 Å². The molecule has 0 aliphatic carbocycles. The van der Waals surface area contributed by atoms with E-state index in [0.29, 0.717) is 22.8 Å².